The fourth-order valence-corrected chi connectivity index (χ4v) is 2.79. The average molecular weight is 296 g/mol. The van der Waals surface area contributed by atoms with E-state index in [0.29, 0.717) is 13.1 Å². The first-order chi connectivity index (χ1) is 10.6. The molecule has 2 aromatic carbocycles. The Balaban J connectivity index is 1.87. The number of para-hydroxylation sites is 2. The first kappa shape index (κ1) is 14.6. The maximum atomic E-state index is 12.1. The van der Waals surface area contributed by atoms with Crippen molar-refractivity contribution >= 4 is 17.3 Å². The molecule has 0 saturated carbocycles. The lowest BCUT2D eigenvalue weighted by Gasteiger charge is -2.28. The van der Waals surface area contributed by atoms with Gasteiger partial charge in [0, 0.05) is 13.1 Å². The van der Waals surface area contributed by atoms with Gasteiger partial charge < -0.3 is 15.3 Å². The standard InChI is InChI=1S/C18H20N2O2/c1-13-11-20(12-17(21)14-7-3-2-4-8-14)16-10-6-5-9-15(16)19-18(13)22/h2-10,13,17,21H,11-12H2,1H3,(H,19,22). The van der Waals surface area contributed by atoms with Crippen LogP contribution >= 0.6 is 0 Å². The monoisotopic (exact) mass is 296 g/mol. The zero-order chi connectivity index (χ0) is 15.5. The molecule has 1 aliphatic rings. The second-order valence-electron chi connectivity index (χ2n) is 5.74. The van der Waals surface area contributed by atoms with E-state index < -0.39 is 6.10 Å². The molecule has 1 heterocycles. The zero-order valence-electron chi connectivity index (χ0n) is 12.6. The number of rotatable bonds is 3. The summed E-state index contributed by atoms with van der Waals surface area (Å²) in [6.07, 6.45) is -0.588. The molecular formula is C18H20N2O2. The summed E-state index contributed by atoms with van der Waals surface area (Å²) < 4.78 is 0. The molecule has 114 valence electrons. The van der Waals surface area contributed by atoms with Crippen molar-refractivity contribution in [2.24, 2.45) is 5.92 Å². The van der Waals surface area contributed by atoms with Crippen LogP contribution in [0.2, 0.25) is 0 Å². The zero-order valence-corrected chi connectivity index (χ0v) is 12.6. The second-order valence-corrected chi connectivity index (χ2v) is 5.74. The molecule has 4 nitrogen and oxygen atoms in total. The molecule has 22 heavy (non-hydrogen) atoms. The Labute approximate surface area is 130 Å². The molecule has 1 aliphatic heterocycles. The number of fused-ring (bicyclic) bond motifs is 1. The highest BCUT2D eigenvalue weighted by Crippen LogP contribution is 2.31. The molecular weight excluding hydrogens is 276 g/mol. The molecule has 0 aromatic heterocycles. The van der Waals surface area contributed by atoms with E-state index >= 15 is 0 Å². The van der Waals surface area contributed by atoms with E-state index in [1.165, 1.54) is 0 Å². The quantitative estimate of drug-likeness (QED) is 0.915. The van der Waals surface area contributed by atoms with Crippen LogP contribution in [0.4, 0.5) is 11.4 Å². The molecule has 4 heteroatoms. The van der Waals surface area contributed by atoms with E-state index in [-0.39, 0.29) is 11.8 Å². The number of hydrogen-bond donors (Lipinski definition) is 2. The van der Waals surface area contributed by atoms with Crippen LogP contribution < -0.4 is 10.2 Å². The molecule has 0 radical (unpaired) electrons. The van der Waals surface area contributed by atoms with Crippen LogP contribution in [-0.2, 0) is 4.79 Å². The summed E-state index contributed by atoms with van der Waals surface area (Å²) in [6.45, 7) is 2.95. The number of hydrogen-bond acceptors (Lipinski definition) is 3. The van der Waals surface area contributed by atoms with Gasteiger partial charge in [-0.25, -0.2) is 0 Å². The minimum atomic E-state index is -0.588. The van der Waals surface area contributed by atoms with Gasteiger partial charge in [0.1, 0.15) is 0 Å². The predicted molar refractivity (Wildman–Crippen MR) is 87.9 cm³/mol. The lowest BCUT2D eigenvalue weighted by Crippen LogP contribution is -2.34. The van der Waals surface area contributed by atoms with Crippen LogP contribution in [0.3, 0.4) is 0 Å². The van der Waals surface area contributed by atoms with Gasteiger partial charge in [0.25, 0.3) is 0 Å². The van der Waals surface area contributed by atoms with Crippen molar-refractivity contribution in [1.29, 1.82) is 0 Å². The Kier molecular flexibility index (Phi) is 4.11. The summed E-state index contributed by atoms with van der Waals surface area (Å²) in [7, 11) is 0. The lowest BCUT2D eigenvalue weighted by molar-refractivity contribution is -0.119. The Morgan fingerprint density at radius 2 is 1.86 bits per heavy atom. The first-order valence-corrected chi connectivity index (χ1v) is 7.53. The van der Waals surface area contributed by atoms with Gasteiger partial charge >= 0.3 is 0 Å². The van der Waals surface area contributed by atoms with Crippen LogP contribution in [-0.4, -0.2) is 24.1 Å². The molecule has 0 fully saturated rings. The predicted octanol–water partition coefficient (Wildman–Crippen LogP) is 2.81. The van der Waals surface area contributed by atoms with Gasteiger partial charge in [-0.05, 0) is 17.7 Å². The van der Waals surface area contributed by atoms with Gasteiger partial charge in [-0.1, -0.05) is 49.4 Å². The van der Waals surface area contributed by atoms with Crippen LogP contribution in [0.15, 0.2) is 54.6 Å². The molecule has 2 unspecified atom stereocenters. The van der Waals surface area contributed by atoms with E-state index in [1.54, 1.807) is 0 Å². The maximum absolute atomic E-state index is 12.1. The van der Waals surface area contributed by atoms with Crippen molar-refractivity contribution in [3.05, 3.63) is 60.2 Å². The van der Waals surface area contributed by atoms with Crippen molar-refractivity contribution in [3.8, 4) is 0 Å². The molecule has 2 N–H and O–H groups in total. The first-order valence-electron chi connectivity index (χ1n) is 7.53. The van der Waals surface area contributed by atoms with Crippen LogP contribution in [0.25, 0.3) is 0 Å². The number of nitrogens with zero attached hydrogens (tertiary/aromatic N) is 1. The fourth-order valence-electron chi connectivity index (χ4n) is 2.79. The number of aliphatic hydroxyl groups excluding tert-OH is 1. The van der Waals surface area contributed by atoms with Crippen LogP contribution in [0, 0.1) is 5.92 Å². The summed E-state index contributed by atoms with van der Waals surface area (Å²) in [6, 6.07) is 17.3. The summed E-state index contributed by atoms with van der Waals surface area (Å²) >= 11 is 0. The molecule has 3 rings (SSSR count). The van der Waals surface area contributed by atoms with Crippen molar-refractivity contribution in [2.45, 2.75) is 13.0 Å². The molecule has 0 saturated heterocycles. The number of nitrogens with one attached hydrogen (secondary N) is 1. The third-order valence-electron chi connectivity index (χ3n) is 4.02. The van der Waals surface area contributed by atoms with Gasteiger partial charge in [-0.3, -0.25) is 4.79 Å². The van der Waals surface area contributed by atoms with E-state index in [1.807, 2.05) is 61.5 Å². The summed E-state index contributed by atoms with van der Waals surface area (Å²) in [5, 5.41) is 13.4. The number of carbonyl (C=O) groups excluding carboxylic acids is 1. The van der Waals surface area contributed by atoms with Crippen molar-refractivity contribution in [3.63, 3.8) is 0 Å². The van der Waals surface area contributed by atoms with Crippen molar-refractivity contribution < 1.29 is 9.90 Å². The highest BCUT2D eigenvalue weighted by atomic mass is 16.3. The normalized spacial score (nSPS) is 19.1. The number of anilines is 2. The molecule has 2 atom stereocenters. The van der Waals surface area contributed by atoms with Gasteiger partial charge in [-0.15, -0.1) is 0 Å². The number of carbonyl (C=O) groups is 1. The van der Waals surface area contributed by atoms with E-state index in [9.17, 15) is 9.90 Å². The van der Waals surface area contributed by atoms with Crippen LogP contribution in [0.5, 0.6) is 0 Å². The third-order valence-corrected chi connectivity index (χ3v) is 4.02. The number of amides is 1. The van der Waals surface area contributed by atoms with Gasteiger partial charge in [-0.2, -0.15) is 0 Å². The van der Waals surface area contributed by atoms with Gasteiger partial charge in [0.05, 0.1) is 23.4 Å². The van der Waals surface area contributed by atoms with Gasteiger partial charge in [0.2, 0.25) is 5.91 Å². The molecule has 0 aliphatic carbocycles. The number of β-amino-alcohol motifs (C(OH)–C–C–N with tert-alkyl or cyclic N) is 1. The minimum Gasteiger partial charge on any atom is -0.387 e. The Morgan fingerprint density at radius 3 is 2.64 bits per heavy atom. The second kappa shape index (κ2) is 6.20. The van der Waals surface area contributed by atoms with Crippen LogP contribution in [0.1, 0.15) is 18.6 Å². The summed E-state index contributed by atoms with van der Waals surface area (Å²) in [5.74, 6) is -0.112. The Bertz CT molecular complexity index is 657. The molecule has 0 bridgehead atoms. The summed E-state index contributed by atoms with van der Waals surface area (Å²) in [4.78, 5) is 14.2. The highest BCUT2D eigenvalue weighted by molar-refractivity contribution is 5.97. The van der Waals surface area contributed by atoms with E-state index in [2.05, 4.69) is 10.2 Å². The topological polar surface area (TPSA) is 52.6 Å². The fraction of sp³-hybridized carbons (Fsp3) is 0.278. The van der Waals surface area contributed by atoms with Crippen molar-refractivity contribution in [1.82, 2.24) is 0 Å². The average Bonchev–Trinajstić information content (AvgIpc) is 2.66. The molecule has 1 amide bonds. The number of aliphatic hydroxyl groups is 1. The minimum absolute atomic E-state index is 0.0177. The third kappa shape index (κ3) is 2.97. The smallest absolute Gasteiger partial charge is 0.229 e. The number of benzene rings is 2. The largest absolute Gasteiger partial charge is 0.387 e. The highest BCUT2D eigenvalue weighted by Gasteiger charge is 2.26. The summed E-state index contributed by atoms with van der Waals surface area (Å²) in [5.41, 5.74) is 2.64. The Hall–Kier alpha value is -2.33. The SMILES string of the molecule is CC1CN(CC(O)c2ccccc2)c2ccccc2NC1=O. The molecule has 2 aromatic rings. The Morgan fingerprint density at radius 1 is 1.18 bits per heavy atom. The molecule has 0 spiro atoms. The maximum Gasteiger partial charge on any atom is 0.229 e. The lowest BCUT2D eigenvalue weighted by atomic mass is 10.1. The van der Waals surface area contributed by atoms with E-state index in [0.717, 1.165) is 16.9 Å². The van der Waals surface area contributed by atoms with Gasteiger partial charge in [0.15, 0.2) is 0 Å². The van der Waals surface area contributed by atoms with E-state index in [4.69, 9.17) is 0 Å². The van der Waals surface area contributed by atoms with Crippen molar-refractivity contribution in [2.75, 3.05) is 23.3 Å².